The zero-order chi connectivity index (χ0) is 15.6. The Morgan fingerprint density at radius 2 is 2.14 bits per heavy atom. The zero-order valence-corrected chi connectivity index (χ0v) is 13.3. The predicted molar refractivity (Wildman–Crippen MR) is 81.5 cm³/mol. The predicted octanol–water partition coefficient (Wildman–Crippen LogP) is 1.90. The standard InChI is InChI=1S/C9H8BrN5O4S2/c10-8-4-12-9(20-8)14-21(18,19)5-1-2-7(15(16)17)6(3-5)13-11/h1-4,13H,11H2,(H,12,14). The van der Waals surface area contributed by atoms with Crippen molar-refractivity contribution in [3.8, 4) is 0 Å². The largest absolute Gasteiger partial charge is 0.318 e. The average Bonchev–Trinajstić information content (AvgIpc) is 2.82. The number of hydrogen-bond donors (Lipinski definition) is 3. The molecule has 112 valence electrons. The van der Waals surface area contributed by atoms with Gasteiger partial charge in [0.15, 0.2) is 5.13 Å². The Balaban J connectivity index is 2.38. The molecule has 0 radical (unpaired) electrons. The van der Waals surface area contributed by atoms with Gasteiger partial charge in [-0.05, 0) is 28.1 Å². The Kier molecular flexibility index (Phi) is 4.41. The lowest BCUT2D eigenvalue weighted by Gasteiger charge is -2.07. The van der Waals surface area contributed by atoms with Gasteiger partial charge in [-0.25, -0.2) is 13.4 Å². The van der Waals surface area contributed by atoms with Crippen LogP contribution < -0.4 is 16.0 Å². The maximum atomic E-state index is 12.2. The molecular formula is C9H8BrN5O4S2. The number of nitrogens with two attached hydrogens (primary N) is 1. The van der Waals surface area contributed by atoms with E-state index in [2.05, 4.69) is 31.1 Å². The second-order valence-electron chi connectivity index (χ2n) is 3.66. The molecule has 1 aromatic heterocycles. The topological polar surface area (TPSA) is 140 Å². The fourth-order valence-corrected chi connectivity index (χ4v) is 3.81. The van der Waals surface area contributed by atoms with Crippen molar-refractivity contribution in [1.82, 2.24) is 4.98 Å². The average molecular weight is 394 g/mol. The van der Waals surface area contributed by atoms with Crippen molar-refractivity contribution in [2.45, 2.75) is 4.90 Å². The van der Waals surface area contributed by atoms with E-state index in [1.807, 2.05) is 0 Å². The van der Waals surface area contributed by atoms with Crippen LogP contribution in [-0.4, -0.2) is 18.3 Å². The van der Waals surface area contributed by atoms with E-state index in [1.165, 1.54) is 6.20 Å². The molecule has 0 amide bonds. The monoisotopic (exact) mass is 393 g/mol. The van der Waals surface area contributed by atoms with Gasteiger partial charge < -0.3 is 5.43 Å². The van der Waals surface area contributed by atoms with E-state index < -0.39 is 14.9 Å². The van der Waals surface area contributed by atoms with Gasteiger partial charge in [-0.3, -0.25) is 20.7 Å². The van der Waals surface area contributed by atoms with E-state index in [9.17, 15) is 18.5 Å². The first-order chi connectivity index (χ1) is 9.83. The second kappa shape index (κ2) is 5.93. The van der Waals surface area contributed by atoms with Gasteiger partial charge in [-0.2, -0.15) is 0 Å². The number of nitrogen functional groups attached to an aromatic ring is 1. The summed E-state index contributed by atoms with van der Waals surface area (Å²) in [6.45, 7) is 0. The quantitative estimate of drug-likeness (QED) is 0.400. The first-order valence-corrected chi connectivity index (χ1v) is 8.32. The number of sulfonamides is 1. The summed E-state index contributed by atoms with van der Waals surface area (Å²) in [5.41, 5.74) is 1.67. The molecule has 0 unspecified atom stereocenters. The molecular weight excluding hydrogens is 386 g/mol. The fourth-order valence-electron chi connectivity index (χ4n) is 1.43. The van der Waals surface area contributed by atoms with Crippen LogP contribution in [0.4, 0.5) is 16.5 Å². The lowest BCUT2D eigenvalue weighted by Crippen LogP contribution is -2.15. The number of nitro groups is 1. The highest BCUT2D eigenvalue weighted by Gasteiger charge is 2.21. The Morgan fingerprint density at radius 3 is 2.67 bits per heavy atom. The molecule has 9 nitrogen and oxygen atoms in total. The second-order valence-corrected chi connectivity index (χ2v) is 7.75. The summed E-state index contributed by atoms with van der Waals surface area (Å²) >= 11 is 4.26. The molecule has 1 aromatic carbocycles. The van der Waals surface area contributed by atoms with E-state index in [4.69, 9.17) is 5.84 Å². The minimum absolute atomic E-state index is 0.108. The van der Waals surface area contributed by atoms with Crippen LogP contribution in [0.3, 0.4) is 0 Å². The van der Waals surface area contributed by atoms with Crippen molar-refractivity contribution in [2.75, 3.05) is 10.1 Å². The summed E-state index contributed by atoms with van der Waals surface area (Å²) in [6.07, 6.45) is 1.45. The van der Waals surface area contributed by atoms with Gasteiger partial charge in [0.1, 0.15) is 5.69 Å². The minimum atomic E-state index is -3.92. The summed E-state index contributed by atoms with van der Waals surface area (Å²) in [4.78, 5) is 13.8. The molecule has 12 heteroatoms. The van der Waals surface area contributed by atoms with Crippen LogP contribution in [0.5, 0.6) is 0 Å². The van der Waals surface area contributed by atoms with E-state index in [-0.39, 0.29) is 21.4 Å². The molecule has 2 rings (SSSR count). The van der Waals surface area contributed by atoms with Crippen molar-refractivity contribution in [3.63, 3.8) is 0 Å². The smallest absolute Gasteiger partial charge is 0.293 e. The van der Waals surface area contributed by atoms with Crippen molar-refractivity contribution >= 4 is 53.8 Å². The third-order valence-corrected chi connectivity index (χ3v) is 5.19. The molecule has 0 fully saturated rings. The van der Waals surface area contributed by atoms with E-state index >= 15 is 0 Å². The van der Waals surface area contributed by atoms with Crippen molar-refractivity contribution in [2.24, 2.45) is 5.84 Å². The Hall–Kier alpha value is -1.76. The first kappa shape index (κ1) is 15.6. The number of nitro benzene ring substituents is 1. The third-order valence-electron chi connectivity index (χ3n) is 2.33. The van der Waals surface area contributed by atoms with Crippen LogP contribution >= 0.6 is 27.3 Å². The normalized spacial score (nSPS) is 11.1. The fraction of sp³-hybridized carbons (Fsp3) is 0. The molecule has 21 heavy (non-hydrogen) atoms. The van der Waals surface area contributed by atoms with Gasteiger partial charge in [0.25, 0.3) is 15.7 Å². The molecule has 0 saturated carbocycles. The van der Waals surface area contributed by atoms with Gasteiger partial charge in [0.2, 0.25) is 0 Å². The molecule has 0 aliphatic carbocycles. The number of nitrogens with one attached hydrogen (secondary N) is 2. The maximum Gasteiger partial charge on any atom is 0.293 e. The highest BCUT2D eigenvalue weighted by molar-refractivity contribution is 9.11. The number of aromatic nitrogens is 1. The number of benzene rings is 1. The van der Waals surface area contributed by atoms with Gasteiger partial charge >= 0.3 is 0 Å². The lowest BCUT2D eigenvalue weighted by molar-refractivity contribution is -0.384. The van der Waals surface area contributed by atoms with E-state index in [0.717, 1.165) is 29.5 Å². The Morgan fingerprint density at radius 1 is 1.43 bits per heavy atom. The minimum Gasteiger partial charge on any atom is -0.318 e. The van der Waals surface area contributed by atoms with Crippen LogP contribution in [0.1, 0.15) is 0 Å². The highest BCUT2D eigenvalue weighted by Crippen LogP contribution is 2.29. The number of hydrazine groups is 1. The summed E-state index contributed by atoms with van der Waals surface area (Å²) in [6, 6.07) is 3.24. The summed E-state index contributed by atoms with van der Waals surface area (Å²) in [7, 11) is -3.92. The number of thiazole rings is 1. The molecule has 0 aliphatic rings. The van der Waals surface area contributed by atoms with Gasteiger partial charge in [0.05, 0.1) is 19.8 Å². The SMILES string of the molecule is NNc1cc(S(=O)(=O)Nc2ncc(Br)s2)ccc1[N+](=O)[O-]. The Labute approximate surface area is 131 Å². The van der Waals surface area contributed by atoms with E-state index in [1.54, 1.807) is 0 Å². The summed E-state index contributed by atoms with van der Waals surface area (Å²) in [5, 5.41) is 10.9. The molecule has 1 heterocycles. The Bertz CT molecular complexity index is 791. The number of hydrogen-bond acceptors (Lipinski definition) is 8. The molecule has 2 aromatic rings. The van der Waals surface area contributed by atoms with Crippen molar-refractivity contribution < 1.29 is 13.3 Å². The van der Waals surface area contributed by atoms with Crippen molar-refractivity contribution in [1.29, 1.82) is 0 Å². The molecule has 0 saturated heterocycles. The van der Waals surface area contributed by atoms with Crippen molar-refractivity contribution in [3.05, 3.63) is 38.3 Å². The third kappa shape index (κ3) is 3.47. The number of nitrogens with zero attached hydrogens (tertiary/aromatic N) is 2. The molecule has 0 bridgehead atoms. The number of anilines is 2. The highest BCUT2D eigenvalue weighted by atomic mass is 79.9. The van der Waals surface area contributed by atoms with E-state index in [0.29, 0.717) is 3.79 Å². The van der Waals surface area contributed by atoms with Gasteiger partial charge in [-0.15, -0.1) is 0 Å². The molecule has 4 N–H and O–H groups in total. The van der Waals surface area contributed by atoms with Gasteiger partial charge in [-0.1, -0.05) is 11.3 Å². The van der Waals surface area contributed by atoms with Crippen LogP contribution in [-0.2, 0) is 10.0 Å². The summed E-state index contributed by atoms with van der Waals surface area (Å²) < 4.78 is 27.3. The lowest BCUT2D eigenvalue weighted by atomic mass is 10.3. The molecule has 0 aliphatic heterocycles. The van der Waals surface area contributed by atoms with Gasteiger partial charge in [0, 0.05) is 6.07 Å². The van der Waals surface area contributed by atoms with Crippen LogP contribution in [0.25, 0.3) is 0 Å². The number of rotatable bonds is 5. The summed E-state index contributed by atoms with van der Waals surface area (Å²) in [5.74, 6) is 5.17. The molecule has 0 spiro atoms. The van der Waals surface area contributed by atoms with Crippen LogP contribution in [0, 0.1) is 10.1 Å². The zero-order valence-electron chi connectivity index (χ0n) is 10.1. The van der Waals surface area contributed by atoms with Crippen LogP contribution in [0.2, 0.25) is 0 Å². The van der Waals surface area contributed by atoms with Crippen LogP contribution in [0.15, 0.2) is 33.1 Å². The first-order valence-electron chi connectivity index (χ1n) is 5.22. The molecule has 0 atom stereocenters. The number of halogens is 1. The maximum absolute atomic E-state index is 12.2.